The number of aromatic nitrogens is 1. The topological polar surface area (TPSA) is 81.4 Å². The molecule has 6 nitrogen and oxygen atoms in total. The van der Waals surface area contributed by atoms with Gasteiger partial charge in [-0.3, -0.25) is 9.78 Å². The van der Waals surface area contributed by atoms with Gasteiger partial charge in [-0.05, 0) is 49.4 Å². The zero-order valence-electron chi connectivity index (χ0n) is 15.3. The molecule has 3 aromatic rings. The number of carbonyl (C=O) groups excluding carboxylic acids is 1. The fourth-order valence-electron chi connectivity index (χ4n) is 3.45. The Morgan fingerprint density at radius 1 is 1.36 bits per heavy atom. The summed E-state index contributed by atoms with van der Waals surface area (Å²) in [6.45, 7) is 1.99. The molecule has 2 aromatic heterocycles. The van der Waals surface area contributed by atoms with Crippen LogP contribution in [0.15, 0.2) is 45.9 Å². The summed E-state index contributed by atoms with van der Waals surface area (Å²) >= 11 is 6.38. The summed E-state index contributed by atoms with van der Waals surface area (Å²) < 4.78 is 11.2. The highest BCUT2D eigenvalue weighted by atomic mass is 35.5. The highest BCUT2D eigenvalue weighted by molar-refractivity contribution is 6.32. The van der Waals surface area contributed by atoms with Gasteiger partial charge in [0.25, 0.3) is 5.91 Å². The monoisotopic (exact) mass is 398 g/mol. The second kappa shape index (κ2) is 7.64. The van der Waals surface area contributed by atoms with Gasteiger partial charge in [-0.25, -0.2) is 4.79 Å². The van der Waals surface area contributed by atoms with Crippen molar-refractivity contribution in [1.82, 2.24) is 10.3 Å². The minimum absolute atomic E-state index is 0.282. The van der Waals surface area contributed by atoms with E-state index in [9.17, 15) is 9.59 Å². The van der Waals surface area contributed by atoms with E-state index in [1.807, 2.05) is 6.07 Å². The summed E-state index contributed by atoms with van der Waals surface area (Å²) in [5, 5.41) is 4.01. The molecule has 1 aliphatic carbocycles. The maximum atomic E-state index is 12.3. The average Bonchev–Trinajstić information content (AvgIpc) is 3.19. The summed E-state index contributed by atoms with van der Waals surface area (Å²) in [6, 6.07) is 7.02. The Bertz CT molecular complexity index is 1090. The van der Waals surface area contributed by atoms with Gasteiger partial charge in [0, 0.05) is 36.0 Å². The molecule has 1 aliphatic rings. The van der Waals surface area contributed by atoms with Gasteiger partial charge in [-0.15, -0.1) is 0 Å². The third kappa shape index (κ3) is 3.60. The van der Waals surface area contributed by atoms with Crippen molar-refractivity contribution < 1.29 is 13.9 Å². The zero-order chi connectivity index (χ0) is 19.7. The van der Waals surface area contributed by atoms with E-state index in [2.05, 4.69) is 10.3 Å². The Morgan fingerprint density at radius 2 is 2.18 bits per heavy atom. The molecule has 0 spiro atoms. The predicted octanol–water partition coefficient (Wildman–Crippen LogP) is 3.41. The van der Waals surface area contributed by atoms with E-state index in [0.29, 0.717) is 22.9 Å². The fourth-order valence-corrected chi connectivity index (χ4v) is 3.66. The molecule has 0 saturated heterocycles. The quantitative estimate of drug-likeness (QED) is 0.666. The molecule has 0 unspecified atom stereocenters. The number of benzene rings is 1. The number of rotatable bonds is 5. The molecule has 0 fully saturated rings. The molecule has 1 aromatic carbocycles. The van der Waals surface area contributed by atoms with Crippen LogP contribution >= 0.6 is 11.6 Å². The van der Waals surface area contributed by atoms with Crippen molar-refractivity contribution >= 4 is 28.5 Å². The molecule has 1 N–H and O–H groups in total. The predicted molar refractivity (Wildman–Crippen MR) is 106 cm³/mol. The summed E-state index contributed by atoms with van der Waals surface area (Å²) in [5.74, 6) is 0.0229. The Hall–Kier alpha value is -2.86. The molecule has 0 radical (unpaired) electrons. The van der Waals surface area contributed by atoms with E-state index < -0.39 is 6.10 Å². The van der Waals surface area contributed by atoms with Gasteiger partial charge in [0.05, 0.1) is 5.02 Å². The van der Waals surface area contributed by atoms with Gasteiger partial charge in [0.15, 0.2) is 6.10 Å². The molecule has 1 atom stereocenters. The lowest BCUT2D eigenvalue weighted by atomic mass is 10.1. The van der Waals surface area contributed by atoms with Gasteiger partial charge in [0.1, 0.15) is 11.3 Å². The first-order valence-electron chi connectivity index (χ1n) is 9.14. The van der Waals surface area contributed by atoms with Gasteiger partial charge in [-0.1, -0.05) is 17.7 Å². The van der Waals surface area contributed by atoms with E-state index in [1.165, 1.54) is 0 Å². The van der Waals surface area contributed by atoms with Crippen LogP contribution in [0.3, 0.4) is 0 Å². The first-order valence-corrected chi connectivity index (χ1v) is 9.52. The van der Waals surface area contributed by atoms with Gasteiger partial charge < -0.3 is 14.5 Å². The number of pyridine rings is 1. The Balaban J connectivity index is 1.52. The van der Waals surface area contributed by atoms with Crippen LogP contribution in [0.1, 0.15) is 30.0 Å². The molecular formula is C21H19ClN2O4. The highest BCUT2D eigenvalue weighted by Gasteiger charge is 2.22. The van der Waals surface area contributed by atoms with Crippen LogP contribution in [0.4, 0.5) is 0 Å². The number of fused-ring (bicyclic) bond motifs is 3. The Morgan fingerprint density at radius 3 is 2.96 bits per heavy atom. The minimum Gasteiger partial charge on any atom is -0.479 e. The van der Waals surface area contributed by atoms with Gasteiger partial charge in [-0.2, -0.15) is 0 Å². The molecule has 0 aliphatic heterocycles. The van der Waals surface area contributed by atoms with Crippen LogP contribution in [0, 0.1) is 0 Å². The third-order valence-electron chi connectivity index (χ3n) is 4.89. The van der Waals surface area contributed by atoms with E-state index in [1.54, 1.807) is 37.5 Å². The summed E-state index contributed by atoms with van der Waals surface area (Å²) in [7, 11) is 0. The van der Waals surface area contributed by atoms with Crippen molar-refractivity contribution in [2.24, 2.45) is 0 Å². The number of amides is 1. The van der Waals surface area contributed by atoms with Gasteiger partial charge >= 0.3 is 5.63 Å². The van der Waals surface area contributed by atoms with Crippen molar-refractivity contribution in [3.63, 3.8) is 0 Å². The Labute approximate surface area is 166 Å². The third-order valence-corrected chi connectivity index (χ3v) is 5.18. The number of nitrogens with one attached hydrogen (secondary N) is 1. The Kier molecular flexibility index (Phi) is 5.05. The summed E-state index contributed by atoms with van der Waals surface area (Å²) in [5.41, 5.74) is 2.74. The zero-order valence-corrected chi connectivity index (χ0v) is 16.1. The highest BCUT2D eigenvalue weighted by Crippen LogP contribution is 2.35. The van der Waals surface area contributed by atoms with Crippen LogP contribution in [0.25, 0.3) is 11.0 Å². The second-order valence-corrected chi connectivity index (χ2v) is 7.23. The molecule has 28 heavy (non-hydrogen) atoms. The molecule has 4 rings (SSSR count). The molecule has 2 heterocycles. The van der Waals surface area contributed by atoms with Crippen molar-refractivity contribution in [2.45, 2.75) is 38.8 Å². The number of hydrogen-bond donors (Lipinski definition) is 1. The number of nitrogens with zero attached hydrogens (tertiary/aromatic N) is 1. The molecule has 0 saturated carbocycles. The largest absolute Gasteiger partial charge is 0.479 e. The van der Waals surface area contributed by atoms with Crippen LogP contribution in [0.5, 0.6) is 5.75 Å². The standard InChI is InChI=1S/C21H19ClN2O4/c1-12(20(25)24-11-13-4-3-7-23-10-13)27-19-9-18-16(8-17(19)22)14-5-2-6-15(14)21(26)28-18/h3-4,7-10,12H,2,5-6,11H2,1H3,(H,24,25)/t12-/m0/s1. The second-order valence-electron chi connectivity index (χ2n) is 6.82. The molecule has 0 bridgehead atoms. The van der Waals surface area contributed by atoms with Crippen LogP contribution in [-0.4, -0.2) is 17.0 Å². The normalized spacial score (nSPS) is 13.9. The lowest BCUT2D eigenvalue weighted by Gasteiger charge is -2.16. The van der Waals surface area contributed by atoms with E-state index >= 15 is 0 Å². The maximum absolute atomic E-state index is 12.3. The SMILES string of the molecule is C[C@H](Oc1cc2oc(=O)c3c(c2cc1Cl)CCC3)C(=O)NCc1cccnc1. The van der Waals surface area contributed by atoms with Crippen molar-refractivity contribution in [3.8, 4) is 5.75 Å². The van der Waals surface area contributed by atoms with E-state index in [-0.39, 0.29) is 11.5 Å². The molecule has 1 amide bonds. The van der Waals surface area contributed by atoms with Crippen LogP contribution in [0.2, 0.25) is 5.02 Å². The van der Waals surface area contributed by atoms with E-state index in [0.717, 1.165) is 41.3 Å². The van der Waals surface area contributed by atoms with Crippen LogP contribution in [-0.2, 0) is 24.2 Å². The number of aryl methyl sites for hydroxylation is 1. The minimum atomic E-state index is -0.771. The summed E-state index contributed by atoms with van der Waals surface area (Å²) in [6.07, 6.45) is 5.09. The summed E-state index contributed by atoms with van der Waals surface area (Å²) in [4.78, 5) is 28.5. The van der Waals surface area contributed by atoms with E-state index in [4.69, 9.17) is 20.8 Å². The number of ether oxygens (including phenoxy) is 1. The maximum Gasteiger partial charge on any atom is 0.339 e. The van der Waals surface area contributed by atoms with Crippen molar-refractivity contribution in [2.75, 3.05) is 0 Å². The molecular weight excluding hydrogens is 380 g/mol. The van der Waals surface area contributed by atoms with Crippen molar-refractivity contribution in [3.05, 3.63) is 68.8 Å². The van der Waals surface area contributed by atoms with Gasteiger partial charge in [0.2, 0.25) is 0 Å². The number of halogens is 1. The molecule has 7 heteroatoms. The average molecular weight is 399 g/mol. The molecule has 144 valence electrons. The lowest BCUT2D eigenvalue weighted by Crippen LogP contribution is -2.36. The number of hydrogen-bond acceptors (Lipinski definition) is 5. The lowest BCUT2D eigenvalue weighted by molar-refractivity contribution is -0.127. The van der Waals surface area contributed by atoms with Crippen LogP contribution < -0.4 is 15.7 Å². The first-order chi connectivity index (χ1) is 13.5. The first kappa shape index (κ1) is 18.5. The van der Waals surface area contributed by atoms with Crippen molar-refractivity contribution in [1.29, 1.82) is 0 Å². The smallest absolute Gasteiger partial charge is 0.339 e. The fraction of sp³-hybridized carbons (Fsp3) is 0.286. The number of carbonyl (C=O) groups is 1.